The van der Waals surface area contributed by atoms with Crippen molar-refractivity contribution in [2.75, 3.05) is 52.4 Å². The Kier molecular flexibility index (Phi) is 7.84. The Morgan fingerprint density at radius 3 is 2.62 bits per heavy atom. The number of aromatic nitrogens is 1. The van der Waals surface area contributed by atoms with Gasteiger partial charge in [-0.05, 0) is 57.1 Å². The van der Waals surface area contributed by atoms with Gasteiger partial charge in [0.1, 0.15) is 0 Å². The highest BCUT2D eigenvalue weighted by Gasteiger charge is 2.30. The molecule has 176 valence electrons. The van der Waals surface area contributed by atoms with E-state index in [1.807, 2.05) is 17.0 Å². The highest BCUT2D eigenvalue weighted by molar-refractivity contribution is 5.82. The van der Waals surface area contributed by atoms with Gasteiger partial charge in [-0.25, -0.2) is 9.98 Å². The Balaban J connectivity index is 1.30. The lowest BCUT2D eigenvalue weighted by molar-refractivity contribution is -0.135. The highest BCUT2D eigenvalue weighted by Crippen LogP contribution is 2.29. The molecule has 1 N–H and O–H groups in total. The van der Waals surface area contributed by atoms with Crippen LogP contribution >= 0.6 is 0 Å². The van der Waals surface area contributed by atoms with Crippen molar-refractivity contribution in [1.29, 1.82) is 0 Å². The van der Waals surface area contributed by atoms with Crippen LogP contribution in [0.4, 0.5) is 0 Å². The number of pyridine rings is 1. The van der Waals surface area contributed by atoms with E-state index < -0.39 is 0 Å². The second-order valence-corrected chi connectivity index (χ2v) is 9.16. The van der Waals surface area contributed by atoms with Crippen LogP contribution in [-0.2, 0) is 11.3 Å². The molecule has 1 atom stereocenters. The number of nitrogens with zero attached hydrogens (tertiary/aromatic N) is 5. The predicted octanol–water partition coefficient (Wildman–Crippen LogP) is 1.96. The first-order valence-electron chi connectivity index (χ1n) is 12.3. The smallest absolute Gasteiger partial charge is 0.239 e. The summed E-state index contributed by atoms with van der Waals surface area (Å²) in [5.41, 5.74) is 1.10. The molecule has 0 aromatic carbocycles. The Morgan fingerprint density at radius 2 is 1.94 bits per heavy atom. The molecular formula is C24H38N6O2. The topological polar surface area (TPSA) is 73.3 Å². The minimum absolute atomic E-state index is 0.0411. The van der Waals surface area contributed by atoms with Crippen LogP contribution < -0.4 is 10.1 Å². The molecule has 3 fully saturated rings. The number of carbonyl (C=O) groups is 1. The van der Waals surface area contributed by atoms with Crippen LogP contribution in [0.25, 0.3) is 0 Å². The molecule has 3 heterocycles. The maximum absolute atomic E-state index is 12.8. The van der Waals surface area contributed by atoms with Crippen LogP contribution in [0.3, 0.4) is 0 Å². The van der Waals surface area contributed by atoms with Gasteiger partial charge in [0.15, 0.2) is 5.96 Å². The molecule has 1 aromatic rings. The number of hydrogen-bond acceptors (Lipinski definition) is 5. The Labute approximate surface area is 192 Å². The molecule has 32 heavy (non-hydrogen) atoms. The minimum atomic E-state index is -0.0411. The van der Waals surface area contributed by atoms with E-state index in [9.17, 15) is 4.79 Å². The number of nitrogens with one attached hydrogen (secondary N) is 1. The van der Waals surface area contributed by atoms with Gasteiger partial charge < -0.3 is 19.9 Å². The molecule has 1 saturated carbocycles. The number of likely N-dealkylation sites (tertiary alicyclic amines) is 1. The third-order valence-corrected chi connectivity index (χ3v) is 6.65. The van der Waals surface area contributed by atoms with E-state index in [1.54, 1.807) is 6.20 Å². The summed E-state index contributed by atoms with van der Waals surface area (Å²) < 4.78 is 5.81. The van der Waals surface area contributed by atoms with Gasteiger partial charge in [0.25, 0.3) is 0 Å². The summed E-state index contributed by atoms with van der Waals surface area (Å²) >= 11 is 0. The molecule has 2 aliphatic heterocycles. The number of hydrogen-bond donors (Lipinski definition) is 1. The van der Waals surface area contributed by atoms with Crippen LogP contribution in [0.1, 0.15) is 45.1 Å². The lowest BCUT2D eigenvalue weighted by Gasteiger charge is -2.39. The second kappa shape index (κ2) is 11.0. The normalized spacial score (nSPS) is 21.0. The summed E-state index contributed by atoms with van der Waals surface area (Å²) in [5, 5.41) is 3.43. The fourth-order valence-corrected chi connectivity index (χ4v) is 4.39. The lowest BCUT2D eigenvalue weighted by atomic mass is 10.2. The fraction of sp³-hybridized carbons (Fsp3) is 0.708. The number of carbonyl (C=O) groups excluding carboxylic acids is 1. The van der Waals surface area contributed by atoms with Crippen molar-refractivity contribution in [3.05, 3.63) is 23.9 Å². The molecule has 1 amide bonds. The maximum Gasteiger partial charge on any atom is 0.239 e. The van der Waals surface area contributed by atoms with Gasteiger partial charge in [-0.15, -0.1) is 0 Å². The summed E-state index contributed by atoms with van der Waals surface area (Å²) in [7, 11) is 0. The van der Waals surface area contributed by atoms with E-state index in [0.717, 1.165) is 76.8 Å². The predicted molar refractivity (Wildman–Crippen MR) is 126 cm³/mol. The highest BCUT2D eigenvalue weighted by atomic mass is 16.5. The first-order chi connectivity index (χ1) is 15.6. The summed E-state index contributed by atoms with van der Waals surface area (Å²) in [6.45, 7) is 11.7. The van der Waals surface area contributed by atoms with Gasteiger partial charge in [-0.2, -0.15) is 0 Å². The van der Waals surface area contributed by atoms with Crippen LogP contribution in [0.2, 0.25) is 0 Å². The zero-order valence-corrected chi connectivity index (χ0v) is 19.6. The van der Waals surface area contributed by atoms with E-state index in [1.165, 1.54) is 12.8 Å². The van der Waals surface area contributed by atoms with Crippen molar-refractivity contribution in [2.45, 2.75) is 52.1 Å². The zero-order valence-electron chi connectivity index (χ0n) is 19.6. The monoisotopic (exact) mass is 442 g/mol. The first kappa shape index (κ1) is 22.8. The lowest BCUT2D eigenvalue weighted by Crippen LogP contribution is -2.57. The molecule has 8 heteroatoms. The van der Waals surface area contributed by atoms with Crippen molar-refractivity contribution in [2.24, 2.45) is 10.9 Å². The average molecular weight is 443 g/mol. The molecule has 4 rings (SSSR count). The molecule has 8 nitrogen and oxygen atoms in total. The number of amides is 1. The van der Waals surface area contributed by atoms with Crippen LogP contribution in [0, 0.1) is 5.92 Å². The van der Waals surface area contributed by atoms with E-state index in [0.29, 0.717) is 18.3 Å². The van der Waals surface area contributed by atoms with Crippen LogP contribution in [0.5, 0.6) is 5.88 Å². The van der Waals surface area contributed by atoms with Crippen molar-refractivity contribution < 1.29 is 9.53 Å². The Morgan fingerprint density at radius 1 is 1.19 bits per heavy atom. The maximum atomic E-state index is 12.8. The fourth-order valence-electron chi connectivity index (χ4n) is 4.39. The molecular weight excluding hydrogens is 404 g/mol. The molecule has 0 bridgehead atoms. The Bertz CT molecular complexity index is 782. The number of rotatable bonds is 8. The summed E-state index contributed by atoms with van der Waals surface area (Å²) in [6.07, 6.45) is 6.63. The van der Waals surface area contributed by atoms with E-state index >= 15 is 0 Å². The number of aliphatic imine (C=N–C) groups is 1. The van der Waals surface area contributed by atoms with Gasteiger partial charge in [-0.1, -0.05) is 0 Å². The summed E-state index contributed by atoms with van der Waals surface area (Å²) in [6, 6.07) is 3.96. The molecule has 1 aromatic heterocycles. The first-order valence-corrected chi connectivity index (χ1v) is 12.3. The van der Waals surface area contributed by atoms with Gasteiger partial charge in [0, 0.05) is 58.1 Å². The molecule has 3 aliphatic rings. The van der Waals surface area contributed by atoms with Gasteiger partial charge in [0.05, 0.1) is 19.2 Å². The second-order valence-electron chi connectivity index (χ2n) is 9.16. The SMILES string of the molecule is CCNC(=NCc1ccnc(OCC2CC2)c1)N1CCN(C(C)C(=O)N2CCCC2)CC1. The third kappa shape index (κ3) is 6.12. The molecule has 1 aliphatic carbocycles. The largest absolute Gasteiger partial charge is 0.477 e. The number of guanidine groups is 1. The molecule has 2 saturated heterocycles. The van der Waals surface area contributed by atoms with Gasteiger partial charge >= 0.3 is 0 Å². The summed E-state index contributed by atoms with van der Waals surface area (Å²) in [4.78, 5) is 28.6. The van der Waals surface area contributed by atoms with Crippen molar-refractivity contribution in [3.63, 3.8) is 0 Å². The van der Waals surface area contributed by atoms with Crippen molar-refractivity contribution in [1.82, 2.24) is 25.0 Å². The quantitative estimate of drug-likeness (QED) is 0.490. The van der Waals surface area contributed by atoms with Crippen molar-refractivity contribution >= 4 is 11.9 Å². The van der Waals surface area contributed by atoms with E-state index in [-0.39, 0.29) is 11.9 Å². The number of piperazine rings is 1. The standard InChI is InChI=1S/C24H38N6O2/c1-3-25-24(27-17-21-8-9-26-22(16-21)32-18-20-6-7-20)30-14-12-28(13-15-30)19(2)23(31)29-10-4-5-11-29/h8-9,16,19-20H,3-7,10-15,17-18H2,1-2H3,(H,25,27). The van der Waals surface area contributed by atoms with Gasteiger partial charge in [-0.3, -0.25) is 9.69 Å². The average Bonchev–Trinajstić information content (AvgIpc) is 3.50. The van der Waals surface area contributed by atoms with Crippen LogP contribution in [0.15, 0.2) is 23.3 Å². The van der Waals surface area contributed by atoms with E-state index in [2.05, 4.69) is 33.9 Å². The molecule has 0 spiro atoms. The Hall–Kier alpha value is -2.35. The minimum Gasteiger partial charge on any atom is -0.477 e. The number of ether oxygens (including phenoxy) is 1. The van der Waals surface area contributed by atoms with Crippen molar-refractivity contribution in [3.8, 4) is 5.88 Å². The molecule has 1 unspecified atom stereocenters. The third-order valence-electron chi connectivity index (χ3n) is 6.65. The van der Waals surface area contributed by atoms with Gasteiger partial charge in [0.2, 0.25) is 11.8 Å². The summed E-state index contributed by atoms with van der Waals surface area (Å²) in [5.74, 6) is 2.63. The van der Waals surface area contributed by atoms with Crippen LogP contribution in [-0.4, -0.2) is 90.0 Å². The molecule has 0 radical (unpaired) electrons. The zero-order chi connectivity index (χ0) is 22.3. The van der Waals surface area contributed by atoms with E-state index in [4.69, 9.17) is 9.73 Å².